The molecule has 6 heteroatoms. The Morgan fingerprint density at radius 1 is 1.11 bits per heavy atom. The number of nitrogens with one attached hydrogen (secondary N) is 2. The van der Waals surface area contributed by atoms with Crippen molar-refractivity contribution in [3.05, 3.63) is 39.9 Å². The van der Waals surface area contributed by atoms with E-state index in [2.05, 4.69) is 36.5 Å². The fraction of sp³-hybridized carbons (Fsp3) is 0.231. The second kappa shape index (κ2) is 5.52. The molecule has 2 rings (SSSR count). The number of nitrogens with zero attached hydrogens (tertiary/aromatic N) is 2. The van der Waals surface area contributed by atoms with Crippen molar-refractivity contribution in [3.63, 3.8) is 0 Å². The van der Waals surface area contributed by atoms with Crippen LogP contribution in [0.25, 0.3) is 0 Å². The number of hydrogen-bond acceptors (Lipinski definition) is 4. The summed E-state index contributed by atoms with van der Waals surface area (Å²) in [6.45, 7) is 3.66. The average molecular weight is 325 g/mol. The summed E-state index contributed by atoms with van der Waals surface area (Å²) in [4.78, 5) is 8.52. The van der Waals surface area contributed by atoms with E-state index in [-0.39, 0.29) is 5.82 Å². The van der Waals surface area contributed by atoms with Crippen molar-refractivity contribution in [2.24, 2.45) is 0 Å². The molecule has 0 aliphatic heterocycles. The maximum absolute atomic E-state index is 13.4. The van der Waals surface area contributed by atoms with Gasteiger partial charge in [0, 0.05) is 18.8 Å². The highest BCUT2D eigenvalue weighted by Crippen LogP contribution is 2.26. The zero-order valence-corrected chi connectivity index (χ0v) is 12.5. The molecule has 19 heavy (non-hydrogen) atoms. The monoisotopic (exact) mass is 324 g/mol. The van der Waals surface area contributed by atoms with E-state index < -0.39 is 0 Å². The lowest BCUT2D eigenvalue weighted by Crippen LogP contribution is -2.02. The second-order valence-electron chi connectivity index (χ2n) is 4.14. The summed E-state index contributed by atoms with van der Waals surface area (Å²) in [6.07, 6.45) is 0. The lowest BCUT2D eigenvalue weighted by Gasteiger charge is -2.11. The van der Waals surface area contributed by atoms with Gasteiger partial charge in [-0.15, -0.1) is 0 Å². The molecule has 1 heterocycles. The SMILES string of the molecule is CNc1cc(Nc2cc(Br)c(F)cc2C)nc(C)n1. The molecule has 1 aromatic heterocycles. The molecular weight excluding hydrogens is 311 g/mol. The van der Waals surface area contributed by atoms with Crippen LogP contribution in [0.5, 0.6) is 0 Å². The summed E-state index contributed by atoms with van der Waals surface area (Å²) < 4.78 is 13.8. The van der Waals surface area contributed by atoms with E-state index in [1.165, 1.54) is 6.07 Å². The van der Waals surface area contributed by atoms with Crippen LogP contribution in [0.1, 0.15) is 11.4 Å². The molecule has 1 aromatic carbocycles. The highest BCUT2D eigenvalue weighted by atomic mass is 79.9. The predicted octanol–water partition coefficient (Wildman–Crippen LogP) is 3.78. The minimum atomic E-state index is -0.280. The third-order valence-electron chi connectivity index (χ3n) is 2.62. The van der Waals surface area contributed by atoms with Gasteiger partial charge in [0.25, 0.3) is 0 Å². The van der Waals surface area contributed by atoms with Crippen molar-refractivity contribution in [1.82, 2.24) is 9.97 Å². The summed E-state index contributed by atoms with van der Waals surface area (Å²) in [7, 11) is 1.80. The van der Waals surface area contributed by atoms with Crippen LogP contribution in [0, 0.1) is 19.7 Å². The Morgan fingerprint density at radius 2 is 1.79 bits per heavy atom. The molecule has 2 N–H and O–H groups in total. The topological polar surface area (TPSA) is 49.8 Å². The Kier molecular flexibility index (Phi) is 3.99. The van der Waals surface area contributed by atoms with Crippen molar-refractivity contribution in [2.75, 3.05) is 17.7 Å². The maximum Gasteiger partial charge on any atom is 0.137 e. The van der Waals surface area contributed by atoms with Crippen LogP contribution in [0.3, 0.4) is 0 Å². The van der Waals surface area contributed by atoms with Gasteiger partial charge in [0.1, 0.15) is 23.3 Å². The Morgan fingerprint density at radius 3 is 2.47 bits per heavy atom. The summed E-state index contributed by atoms with van der Waals surface area (Å²) in [5.74, 6) is 1.78. The van der Waals surface area contributed by atoms with Crippen LogP contribution in [-0.2, 0) is 0 Å². The van der Waals surface area contributed by atoms with Crippen molar-refractivity contribution < 1.29 is 4.39 Å². The maximum atomic E-state index is 13.4. The number of anilines is 3. The Labute approximate surface area is 119 Å². The molecule has 0 aliphatic carbocycles. The number of halogens is 2. The first-order valence-electron chi connectivity index (χ1n) is 5.75. The quantitative estimate of drug-likeness (QED) is 0.902. The van der Waals surface area contributed by atoms with Gasteiger partial charge in [0.2, 0.25) is 0 Å². The lowest BCUT2D eigenvalue weighted by atomic mass is 10.2. The zero-order chi connectivity index (χ0) is 14.0. The van der Waals surface area contributed by atoms with Gasteiger partial charge in [0.15, 0.2) is 0 Å². The van der Waals surface area contributed by atoms with Crippen LogP contribution in [0.2, 0.25) is 0 Å². The van der Waals surface area contributed by atoms with Gasteiger partial charge in [-0.1, -0.05) is 0 Å². The molecule has 0 bridgehead atoms. The van der Waals surface area contributed by atoms with Gasteiger partial charge < -0.3 is 10.6 Å². The van der Waals surface area contributed by atoms with Gasteiger partial charge in [0.05, 0.1) is 4.47 Å². The van der Waals surface area contributed by atoms with E-state index >= 15 is 0 Å². The first kappa shape index (κ1) is 13.7. The van der Waals surface area contributed by atoms with E-state index in [9.17, 15) is 4.39 Å². The molecule has 0 spiro atoms. The third-order valence-corrected chi connectivity index (χ3v) is 3.23. The molecule has 0 aliphatic rings. The Balaban J connectivity index is 2.36. The molecule has 0 saturated carbocycles. The van der Waals surface area contributed by atoms with Crippen LogP contribution in [0.4, 0.5) is 21.7 Å². The van der Waals surface area contributed by atoms with Gasteiger partial charge in [-0.25, -0.2) is 14.4 Å². The van der Waals surface area contributed by atoms with Crippen LogP contribution in [-0.4, -0.2) is 17.0 Å². The van der Waals surface area contributed by atoms with E-state index in [1.807, 2.05) is 13.8 Å². The molecule has 0 unspecified atom stereocenters. The van der Waals surface area contributed by atoms with Crippen molar-refractivity contribution in [2.45, 2.75) is 13.8 Å². The third kappa shape index (κ3) is 3.20. The van der Waals surface area contributed by atoms with Crippen LogP contribution in [0.15, 0.2) is 22.7 Å². The van der Waals surface area contributed by atoms with E-state index in [1.54, 1.807) is 19.2 Å². The molecule has 0 saturated heterocycles. The van der Waals surface area contributed by atoms with Gasteiger partial charge in [-0.05, 0) is 47.5 Å². The van der Waals surface area contributed by atoms with Crippen LogP contribution < -0.4 is 10.6 Å². The highest BCUT2D eigenvalue weighted by Gasteiger charge is 2.07. The molecule has 0 fully saturated rings. The fourth-order valence-corrected chi connectivity index (χ4v) is 2.02. The lowest BCUT2D eigenvalue weighted by molar-refractivity contribution is 0.620. The van der Waals surface area contributed by atoms with E-state index in [4.69, 9.17) is 0 Å². The number of hydrogen-bond donors (Lipinski definition) is 2. The average Bonchev–Trinajstić information content (AvgIpc) is 2.35. The molecule has 4 nitrogen and oxygen atoms in total. The second-order valence-corrected chi connectivity index (χ2v) is 5.00. The van der Waals surface area contributed by atoms with Crippen molar-refractivity contribution in [1.29, 1.82) is 0 Å². The first-order chi connectivity index (χ1) is 8.99. The van der Waals surface area contributed by atoms with Crippen molar-refractivity contribution in [3.8, 4) is 0 Å². The molecule has 2 aromatic rings. The first-order valence-corrected chi connectivity index (χ1v) is 6.55. The minimum Gasteiger partial charge on any atom is -0.373 e. The normalized spacial score (nSPS) is 10.4. The van der Waals surface area contributed by atoms with Crippen LogP contribution >= 0.6 is 15.9 Å². The predicted molar refractivity (Wildman–Crippen MR) is 78.4 cm³/mol. The molecule has 0 atom stereocenters. The van der Waals surface area contributed by atoms with E-state index in [0.29, 0.717) is 16.1 Å². The number of rotatable bonds is 3. The minimum absolute atomic E-state index is 0.280. The molecular formula is C13H14BrFN4. The van der Waals surface area contributed by atoms with Crippen molar-refractivity contribution >= 4 is 33.3 Å². The summed E-state index contributed by atoms with van der Waals surface area (Å²) >= 11 is 3.18. The number of aromatic nitrogens is 2. The molecule has 100 valence electrons. The zero-order valence-electron chi connectivity index (χ0n) is 10.9. The standard InChI is InChI=1S/C13H14BrFN4/c1-7-4-10(15)9(14)5-11(7)19-13-6-12(16-3)17-8(2)18-13/h4-6H,1-3H3,(H2,16,17,18,19). The highest BCUT2D eigenvalue weighted by molar-refractivity contribution is 9.10. The van der Waals surface area contributed by atoms with Gasteiger partial charge in [-0.2, -0.15) is 0 Å². The Bertz CT molecular complexity index is 616. The van der Waals surface area contributed by atoms with Gasteiger partial charge in [-0.3, -0.25) is 0 Å². The Hall–Kier alpha value is -1.69. The molecule has 0 radical (unpaired) electrons. The summed E-state index contributed by atoms with van der Waals surface area (Å²) in [6, 6.07) is 4.96. The summed E-state index contributed by atoms with van der Waals surface area (Å²) in [5, 5.41) is 6.14. The fourth-order valence-electron chi connectivity index (χ4n) is 1.68. The molecule has 0 amide bonds. The largest absolute Gasteiger partial charge is 0.373 e. The summed E-state index contributed by atoms with van der Waals surface area (Å²) in [5.41, 5.74) is 1.61. The smallest absolute Gasteiger partial charge is 0.137 e. The number of benzene rings is 1. The van der Waals surface area contributed by atoms with E-state index in [0.717, 1.165) is 17.1 Å². The van der Waals surface area contributed by atoms with Gasteiger partial charge >= 0.3 is 0 Å². The number of aryl methyl sites for hydroxylation is 2.